The summed E-state index contributed by atoms with van der Waals surface area (Å²) < 4.78 is 4.94. The first-order valence-electron chi connectivity index (χ1n) is 7.28. The van der Waals surface area contributed by atoms with Crippen LogP contribution in [-0.4, -0.2) is 23.6 Å². The summed E-state index contributed by atoms with van der Waals surface area (Å²) in [5, 5.41) is 12.5. The number of carbonyl (C=O) groups excluding carboxylic acids is 2. The van der Waals surface area contributed by atoms with Crippen molar-refractivity contribution >= 4 is 11.9 Å². The van der Waals surface area contributed by atoms with Crippen molar-refractivity contribution in [2.75, 3.05) is 6.61 Å². The van der Waals surface area contributed by atoms with Gasteiger partial charge in [-0.1, -0.05) is 36.4 Å². The number of nitrogens with one attached hydrogen (secondary N) is 1. The van der Waals surface area contributed by atoms with E-state index in [1.54, 1.807) is 13.0 Å². The lowest BCUT2D eigenvalue weighted by molar-refractivity contribution is -0.124. The molecule has 0 fully saturated rings. The lowest BCUT2D eigenvalue weighted by Crippen LogP contribution is -2.31. The molecule has 5 nitrogen and oxygen atoms in total. The fourth-order valence-corrected chi connectivity index (χ4v) is 2.13. The van der Waals surface area contributed by atoms with Crippen LogP contribution in [0.2, 0.25) is 0 Å². The van der Waals surface area contributed by atoms with E-state index in [1.807, 2.05) is 37.3 Å². The van der Waals surface area contributed by atoms with E-state index in [-0.39, 0.29) is 17.4 Å². The Bertz CT molecular complexity index is 697. The minimum atomic E-state index is -0.731. The van der Waals surface area contributed by atoms with Gasteiger partial charge in [0, 0.05) is 0 Å². The van der Waals surface area contributed by atoms with Crippen LogP contribution in [0.5, 0.6) is 5.75 Å². The molecule has 1 atom stereocenters. The summed E-state index contributed by atoms with van der Waals surface area (Å²) in [6.45, 7) is 3.25. The molecule has 0 spiro atoms. The predicted molar refractivity (Wildman–Crippen MR) is 86.1 cm³/mol. The molecule has 2 rings (SSSR count). The Morgan fingerprint density at radius 3 is 2.52 bits per heavy atom. The van der Waals surface area contributed by atoms with Gasteiger partial charge < -0.3 is 15.2 Å². The SMILES string of the molecule is Cc1ccc(C(=O)OCC(=O)N[C@@H](C)c2ccccc2)c(O)c1. The lowest BCUT2D eigenvalue weighted by atomic mass is 10.1. The normalized spacial score (nSPS) is 11.6. The van der Waals surface area contributed by atoms with Crippen LogP contribution >= 0.6 is 0 Å². The first-order valence-corrected chi connectivity index (χ1v) is 7.28. The molecule has 0 radical (unpaired) electrons. The van der Waals surface area contributed by atoms with E-state index in [0.29, 0.717) is 0 Å². The maximum Gasteiger partial charge on any atom is 0.342 e. The summed E-state index contributed by atoms with van der Waals surface area (Å²) in [6.07, 6.45) is 0. The number of hydrogen-bond donors (Lipinski definition) is 2. The molecule has 0 unspecified atom stereocenters. The van der Waals surface area contributed by atoms with Crippen LogP contribution in [0.15, 0.2) is 48.5 Å². The predicted octanol–water partition coefficient (Wildman–Crippen LogP) is 2.73. The molecule has 0 aromatic heterocycles. The Hall–Kier alpha value is -2.82. The summed E-state index contributed by atoms with van der Waals surface area (Å²) in [5.41, 5.74) is 1.83. The molecule has 2 aromatic rings. The van der Waals surface area contributed by atoms with Crippen molar-refractivity contribution in [1.82, 2.24) is 5.32 Å². The average Bonchev–Trinajstić information content (AvgIpc) is 2.53. The number of amides is 1. The van der Waals surface area contributed by atoms with Gasteiger partial charge in [0.05, 0.1) is 6.04 Å². The molecule has 120 valence electrons. The van der Waals surface area contributed by atoms with Gasteiger partial charge in [-0.3, -0.25) is 4.79 Å². The van der Waals surface area contributed by atoms with Gasteiger partial charge in [-0.25, -0.2) is 4.79 Å². The van der Waals surface area contributed by atoms with Gasteiger partial charge in [0.15, 0.2) is 6.61 Å². The monoisotopic (exact) mass is 313 g/mol. The van der Waals surface area contributed by atoms with Crippen molar-refractivity contribution < 1.29 is 19.4 Å². The largest absolute Gasteiger partial charge is 0.507 e. The van der Waals surface area contributed by atoms with Crippen molar-refractivity contribution in [3.8, 4) is 5.75 Å². The Balaban J connectivity index is 1.88. The summed E-state index contributed by atoms with van der Waals surface area (Å²) in [7, 11) is 0. The Morgan fingerprint density at radius 2 is 1.87 bits per heavy atom. The molecule has 0 heterocycles. The highest BCUT2D eigenvalue weighted by Crippen LogP contribution is 2.19. The van der Waals surface area contributed by atoms with Crippen molar-refractivity contribution in [2.45, 2.75) is 19.9 Å². The lowest BCUT2D eigenvalue weighted by Gasteiger charge is -2.14. The van der Waals surface area contributed by atoms with E-state index in [1.165, 1.54) is 12.1 Å². The van der Waals surface area contributed by atoms with Crippen molar-refractivity contribution in [3.63, 3.8) is 0 Å². The van der Waals surface area contributed by atoms with Crippen molar-refractivity contribution in [2.24, 2.45) is 0 Å². The Labute approximate surface area is 134 Å². The Morgan fingerprint density at radius 1 is 1.17 bits per heavy atom. The molecule has 5 heteroatoms. The van der Waals surface area contributed by atoms with Crippen molar-refractivity contribution in [3.05, 3.63) is 65.2 Å². The topological polar surface area (TPSA) is 75.6 Å². The van der Waals surface area contributed by atoms with Crippen LogP contribution in [0.4, 0.5) is 0 Å². The van der Waals surface area contributed by atoms with Gasteiger partial charge in [-0.2, -0.15) is 0 Å². The molecule has 0 saturated carbocycles. The second-order valence-electron chi connectivity index (χ2n) is 5.30. The summed E-state index contributed by atoms with van der Waals surface area (Å²) in [5.74, 6) is -1.29. The van der Waals surface area contributed by atoms with Gasteiger partial charge in [-0.15, -0.1) is 0 Å². The van der Waals surface area contributed by atoms with E-state index in [9.17, 15) is 14.7 Å². The quantitative estimate of drug-likeness (QED) is 0.832. The molecular weight excluding hydrogens is 294 g/mol. The van der Waals surface area contributed by atoms with Gasteiger partial charge in [0.2, 0.25) is 0 Å². The molecule has 2 aromatic carbocycles. The number of benzene rings is 2. The number of rotatable bonds is 5. The standard InChI is InChI=1S/C18H19NO4/c1-12-8-9-15(16(20)10-12)18(22)23-11-17(21)19-13(2)14-6-4-3-5-7-14/h3-10,13,20H,11H2,1-2H3,(H,19,21)/t13-/m0/s1. The van der Waals surface area contributed by atoms with Gasteiger partial charge in [-0.05, 0) is 37.1 Å². The maximum absolute atomic E-state index is 11.9. The number of hydrogen-bond acceptors (Lipinski definition) is 4. The number of aromatic hydroxyl groups is 1. The van der Waals surface area contributed by atoms with Crippen molar-refractivity contribution in [1.29, 1.82) is 0 Å². The highest BCUT2D eigenvalue weighted by atomic mass is 16.5. The highest BCUT2D eigenvalue weighted by Gasteiger charge is 2.15. The summed E-state index contributed by atoms with van der Waals surface area (Å²) >= 11 is 0. The molecular formula is C18H19NO4. The van der Waals surface area contributed by atoms with E-state index in [2.05, 4.69) is 5.32 Å². The average molecular weight is 313 g/mol. The van der Waals surface area contributed by atoms with Crippen LogP contribution < -0.4 is 5.32 Å². The van der Waals surface area contributed by atoms with Gasteiger partial charge in [0.25, 0.3) is 5.91 Å². The van der Waals surface area contributed by atoms with Crippen LogP contribution in [0.25, 0.3) is 0 Å². The Kier molecular flexibility index (Phi) is 5.36. The number of aryl methyl sites for hydroxylation is 1. The number of carbonyl (C=O) groups is 2. The third-order valence-electron chi connectivity index (χ3n) is 3.38. The fraction of sp³-hybridized carbons (Fsp3) is 0.222. The first kappa shape index (κ1) is 16.5. The zero-order valence-electron chi connectivity index (χ0n) is 13.1. The van der Waals surface area contributed by atoms with Crippen LogP contribution in [0.3, 0.4) is 0 Å². The third kappa shape index (κ3) is 4.57. The van der Waals surface area contributed by atoms with E-state index >= 15 is 0 Å². The fourth-order valence-electron chi connectivity index (χ4n) is 2.13. The van der Waals surface area contributed by atoms with Crippen LogP contribution in [0, 0.1) is 6.92 Å². The zero-order chi connectivity index (χ0) is 16.8. The minimum Gasteiger partial charge on any atom is -0.507 e. The molecule has 0 aliphatic rings. The molecule has 0 bridgehead atoms. The molecule has 0 aliphatic carbocycles. The van der Waals surface area contributed by atoms with E-state index in [4.69, 9.17) is 4.74 Å². The summed E-state index contributed by atoms with van der Waals surface area (Å²) in [4.78, 5) is 23.7. The van der Waals surface area contributed by atoms with Gasteiger partial charge in [0.1, 0.15) is 11.3 Å². The number of phenolic OH excluding ortho intramolecular Hbond substituents is 1. The second-order valence-corrected chi connectivity index (χ2v) is 5.30. The molecule has 2 N–H and O–H groups in total. The van der Waals surface area contributed by atoms with Crippen LogP contribution in [-0.2, 0) is 9.53 Å². The molecule has 1 amide bonds. The minimum absolute atomic E-state index is 0.0412. The van der Waals surface area contributed by atoms with E-state index < -0.39 is 18.5 Å². The van der Waals surface area contributed by atoms with Gasteiger partial charge >= 0.3 is 5.97 Å². The smallest absolute Gasteiger partial charge is 0.342 e. The molecule has 0 saturated heterocycles. The number of phenols is 1. The highest BCUT2D eigenvalue weighted by molar-refractivity contribution is 5.94. The maximum atomic E-state index is 11.9. The molecule has 0 aliphatic heterocycles. The second kappa shape index (κ2) is 7.45. The van der Waals surface area contributed by atoms with Crippen LogP contribution in [0.1, 0.15) is 34.5 Å². The zero-order valence-corrected chi connectivity index (χ0v) is 13.1. The first-order chi connectivity index (χ1) is 11.0. The third-order valence-corrected chi connectivity index (χ3v) is 3.38. The van der Waals surface area contributed by atoms with E-state index in [0.717, 1.165) is 11.1 Å². The number of ether oxygens (including phenoxy) is 1. The number of esters is 1. The molecule has 23 heavy (non-hydrogen) atoms. The summed E-state index contributed by atoms with van der Waals surface area (Å²) in [6, 6.07) is 13.9.